The molecule has 0 aliphatic carbocycles. The largest absolute Gasteiger partial charge is 0.487 e. The van der Waals surface area contributed by atoms with E-state index in [4.69, 9.17) is 5.11 Å². The van der Waals surface area contributed by atoms with Gasteiger partial charge in [-0.3, -0.25) is 0 Å². The molecule has 0 aliphatic rings. The fourth-order valence-corrected chi connectivity index (χ4v) is 0.947. The molecule has 0 aliphatic heterocycles. The van der Waals surface area contributed by atoms with Crippen LogP contribution < -0.4 is 4.74 Å². The lowest BCUT2D eigenvalue weighted by Crippen LogP contribution is -2.41. The van der Waals surface area contributed by atoms with Crippen LogP contribution in [0.2, 0.25) is 0 Å². The maximum atomic E-state index is 12.5. The number of alkyl halides is 5. The summed E-state index contributed by atoms with van der Waals surface area (Å²) >= 11 is 0. The number of hydrogen-bond donors (Lipinski definition) is 1. The average molecular weight is 256 g/mol. The highest BCUT2D eigenvalue weighted by atomic mass is 19.4. The molecule has 7 heteroatoms. The lowest BCUT2D eigenvalue weighted by atomic mass is 10.2. The molecule has 0 heterocycles. The summed E-state index contributed by atoms with van der Waals surface area (Å²) in [5, 5.41) is 8.68. The van der Waals surface area contributed by atoms with Crippen molar-refractivity contribution >= 4 is 0 Å². The fraction of sp³-hybridized carbons (Fsp3) is 0.400. The summed E-state index contributed by atoms with van der Waals surface area (Å²) < 4.78 is 64.7. The Kier molecular flexibility index (Phi) is 3.92. The van der Waals surface area contributed by atoms with Crippen molar-refractivity contribution in [3.8, 4) is 5.75 Å². The van der Waals surface area contributed by atoms with E-state index in [9.17, 15) is 22.0 Å². The van der Waals surface area contributed by atoms with Crippen molar-refractivity contribution < 1.29 is 31.8 Å². The molecular weight excluding hydrogens is 247 g/mol. The summed E-state index contributed by atoms with van der Waals surface area (Å²) in [6.45, 7) is -2.02. The van der Waals surface area contributed by atoms with E-state index in [1.54, 1.807) is 0 Å². The standard InChI is InChI=1S/C10H9F5O2/c11-9(12,10(13,14)15)6-17-8-3-1-7(5-16)2-4-8/h1-4,16H,5-6H2. The predicted octanol–water partition coefficient (Wildman–Crippen LogP) is 2.76. The fourth-order valence-electron chi connectivity index (χ4n) is 0.947. The molecule has 0 fully saturated rings. The van der Waals surface area contributed by atoms with Gasteiger partial charge >= 0.3 is 12.1 Å². The van der Waals surface area contributed by atoms with Gasteiger partial charge in [0, 0.05) is 0 Å². The Bertz CT molecular complexity index is 358. The molecule has 2 nitrogen and oxygen atoms in total. The lowest BCUT2D eigenvalue weighted by Gasteiger charge is -2.19. The van der Waals surface area contributed by atoms with Crippen LogP contribution in [0.3, 0.4) is 0 Å². The molecule has 0 saturated carbocycles. The second-order valence-electron chi connectivity index (χ2n) is 3.29. The van der Waals surface area contributed by atoms with E-state index in [1.165, 1.54) is 24.3 Å². The van der Waals surface area contributed by atoms with Gasteiger partial charge in [0.15, 0.2) is 6.61 Å². The number of hydrogen-bond acceptors (Lipinski definition) is 2. The van der Waals surface area contributed by atoms with Gasteiger partial charge in [0.1, 0.15) is 5.75 Å². The van der Waals surface area contributed by atoms with E-state index < -0.39 is 18.7 Å². The van der Waals surface area contributed by atoms with Crippen molar-refractivity contribution in [1.29, 1.82) is 0 Å². The third-order valence-electron chi connectivity index (χ3n) is 1.94. The molecular formula is C10H9F5O2. The summed E-state index contributed by atoms with van der Waals surface area (Å²) in [4.78, 5) is 0. The SMILES string of the molecule is OCc1ccc(OCC(F)(F)C(F)(F)F)cc1. The third-order valence-corrected chi connectivity index (χ3v) is 1.94. The van der Waals surface area contributed by atoms with Crippen LogP contribution in [0.15, 0.2) is 24.3 Å². The van der Waals surface area contributed by atoms with Gasteiger partial charge in [0.2, 0.25) is 0 Å². The van der Waals surface area contributed by atoms with Crippen LogP contribution in [0.4, 0.5) is 22.0 Å². The molecule has 0 bridgehead atoms. The number of benzene rings is 1. The number of aliphatic hydroxyl groups is 1. The van der Waals surface area contributed by atoms with Crippen molar-refractivity contribution in [2.75, 3.05) is 6.61 Å². The van der Waals surface area contributed by atoms with Crippen molar-refractivity contribution in [3.05, 3.63) is 29.8 Å². The first kappa shape index (κ1) is 13.7. The Morgan fingerprint density at radius 1 is 1.00 bits per heavy atom. The van der Waals surface area contributed by atoms with Crippen molar-refractivity contribution in [1.82, 2.24) is 0 Å². The van der Waals surface area contributed by atoms with Crippen molar-refractivity contribution in [3.63, 3.8) is 0 Å². The first-order chi connectivity index (χ1) is 7.76. The van der Waals surface area contributed by atoms with Crippen LogP contribution in [-0.2, 0) is 6.61 Å². The Hall–Kier alpha value is -1.37. The monoisotopic (exact) mass is 256 g/mol. The molecule has 1 N–H and O–H groups in total. The molecule has 0 unspecified atom stereocenters. The summed E-state index contributed by atoms with van der Waals surface area (Å²) in [5.41, 5.74) is 0.500. The highest BCUT2D eigenvalue weighted by Gasteiger charge is 2.58. The van der Waals surface area contributed by atoms with Crippen LogP contribution in [0.25, 0.3) is 0 Å². The number of rotatable bonds is 4. The van der Waals surface area contributed by atoms with Gasteiger partial charge in [-0.2, -0.15) is 22.0 Å². The molecule has 17 heavy (non-hydrogen) atoms. The Morgan fingerprint density at radius 2 is 1.53 bits per heavy atom. The maximum absolute atomic E-state index is 12.5. The molecule has 96 valence electrons. The second kappa shape index (κ2) is 4.87. The van der Waals surface area contributed by atoms with E-state index in [2.05, 4.69) is 4.74 Å². The van der Waals surface area contributed by atoms with E-state index in [-0.39, 0.29) is 12.4 Å². The minimum Gasteiger partial charge on any atom is -0.487 e. The van der Waals surface area contributed by atoms with Gasteiger partial charge in [-0.25, -0.2) is 0 Å². The van der Waals surface area contributed by atoms with Crippen LogP contribution >= 0.6 is 0 Å². The molecule has 0 atom stereocenters. The summed E-state index contributed by atoms with van der Waals surface area (Å²) in [6.07, 6.45) is -5.63. The zero-order valence-electron chi connectivity index (χ0n) is 8.47. The molecule has 0 radical (unpaired) electrons. The quantitative estimate of drug-likeness (QED) is 0.839. The van der Waals surface area contributed by atoms with Gasteiger partial charge in [0.05, 0.1) is 6.61 Å². The van der Waals surface area contributed by atoms with Crippen LogP contribution in [0.5, 0.6) is 5.75 Å². The second-order valence-corrected chi connectivity index (χ2v) is 3.29. The van der Waals surface area contributed by atoms with E-state index in [1.807, 2.05) is 0 Å². The average Bonchev–Trinajstić information content (AvgIpc) is 2.25. The zero-order valence-corrected chi connectivity index (χ0v) is 8.47. The lowest BCUT2D eigenvalue weighted by molar-refractivity contribution is -0.290. The smallest absolute Gasteiger partial charge is 0.456 e. The van der Waals surface area contributed by atoms with Crippen LogP contribution in [0, 0.1) is 0 Å². The Morgan fingerprint density at radius 3 is 1.94 bits per heavy atom. The third kappa shape index (κ3) is 3.55. The highest BCUT2D eigenvalue weighted by Crippen LogP contribution is 2.35. The zero-order chi connectivity index (χ0) is 13.1. The number of aliphatic hydroxyl groups excluding tert-OH is 1. The summed E-state index contributed by atoms with van der Waals surface area (Å²) in [6, 6.07) is 5.14. The molecule has 0 aromatic heterocycles. The topological polar surface area (TPSA) is 29.5 Å². The van der Waals surface area contributed by atoms with Crippen molar-refractivity contribution in [2.24, 2.45) is 0 Å². The molecule has 0 spiro atoms. The summed E-state index contributed by atoms with van der Waals surface area (Å²) in [7, 11) is 0. The Labute approximate surface area is 93.6 Å². The van der Waals surface area contributed by atoms with Crippen molar-refractivity contribution in [2.45, 2.75) is 18.7 Å². The number of halogens is 5. The molecule has 1 aromatic carbocycles. The Balaban J connectivity index is 2.61. The van der Waals surface area contributed by atoms with E-state index >= 15 is 0 Å². The van der Waals surface area contributed by atoms with Gasteiger partial charge in [-0.1, -0.05) is 12.1 Å². The minimum absolute atomic E-state index is 0.119. The van der Waals surface area contributed by atoms with E-state index in [0.29, 0.717) is 5.56 Å². The first-order valence-electron chi connectivity index (χ1n) is 4.53. The summed E-state index contributed by atoms with van der Waals surface area (Å²) in [5.74, 6) is -5.01. The minimum atomic E-state index is -5.63. The highest BCUT2D eigenvalue weighted by molar-refractivity contribution is 5.26. The first-order valence-corrected chi connectivity index (χ1v) is 4.53. The maximum Gasteiger partial charge on any atom is 0.456 e. The molecule has 1 rings (SSSR count). The van der Waals surface area contributed by atoms with Crippen LogP contribution in [-0.4, -0.2) is 23.8 Å². The number of ether oxygens (including phenoxy) is 1. The predicted molar refractivity (Wildman–Crippen MR) is 48.9 cm³/mol. The van der Waals surface area contributed by atoms with Gasteiger partial charge in [0.25, 0.3) is 0 Å². The van der Waals surface area contributed by atoms with E-state index in [0.717, 1.165) is 0 Å². The molecule has 0 saturated heterocycles. The van der Waals surface area contributed by atoms with Gasteiger partial charge in [-0.15, -0.1) is 0 Å². The van der Waals surface area contributed by atoms with Gasteiger partial charge in [-0.05, 0) is 17.7 Å². The molecule has 0 amide bonds. The van der Waals surface area contributed by atoms with Gasteiger partial charge < -0.3 is 9.84 Å². The van der Waals surface area contributed by atoms with Crippen LogP contribution in [0.1, 0.15) is 5.56 Å². The normalized spacial score (nSPS) is 12.6. The molecule has 1 aromatic rings.